The van der Waals surface area contributed by atoms with Crippen molar-refractivity contribution < 1.29 is 5.11 Å². The molecule has 2 rings (SSSR count). The molecular weight excluding hydrogens is 202 g/mol. The molecule has 2 N–H and O–H groups in total. The number of aromatic nitrogens is 2. The quantitative estimate of drug-likeness (QED) is 0.755. The van der Waals surface area contributed by atoms with E-state index in [9.17, 15) is 0 Å². The molecule has 0 bridgehead atoms. The van der Waals surface area contributed by atoms with E-state index in [1.165, 1.54) is 0 Å². The molecule has 4 heteroatoms. The number of aliphatic hydroxyl groups excluding tert-OH is 1. The summed E-state index contributed by atoms with van der Waals surface area (Å²) in [6.45, 7) is 2.68. The summed E-state index contributed by atoms with van der Waals surface area (Å²) in [5.41, 5.74) is 0.945. The SMILES string of the molecule is CC(O)CCCNc1cccc2nccn12. The van der Waals surface area contributed by atoms with E-state index in [1.54, 1.807) is 6.20 Å². The van der Waals surface area contributed by atoms with Crippen LogP contribution in [0.2, 0.25) is 0 Å². The number of rotatable bonds is 5. The number of pyridine rings is 1. The van der Waals surface area contributed by atoms with E-state index < -0.39 is 0 Å². The van der Waals surface area contributed by atoms with E-state index in [0.29, 0.717) is 0 Å². The number of imidazole rings is 1. The summed E-state index contributed by atoms with van der Waals surface area (Å²) in [4.78, 5) is 4.22. The van der Waals surface area contributed by atoms with Gasteiger partial charge in [0.2, 0.25) is 0 Å². The van der Waals surface area contributed by atoms with Crippen molar-refractivity contribution in [3.05, 3.63) is 30.6 Å². The number of nitrogens with zero attached hydrogens (tertiary/aromatic N) is 2. The topological polar surface area (TPSA) is 49.6 Å². The van der Waals surface area contributed by atoms with Gasteiger partial charge >= 0.3 is 0 Å². The molecule has 0 amide bonds. The summed E-state index contributed by atoms with van der Waals surface area (Å²) in [6.07, 6.45) is 5.30. The first-order chi connectivity index (χ1) is 7.77. The minimum Gasteiger partial charge on any atom is -0.393 e. The van der Waals surface area contributed by atoms with Crippen molar-refractivity contribution in [1.82, 2.24) is 9.38 Å². The van der Waals surface area contributed by atoms with Gasteiger partial charge in [0, 0.05) is 18.9 Å². The summed E-state index contributed by atoms with van der Waals surface area (Å²) in [6, 6.07) is 5.98. The van der Waals surface area contributed by atoms with Gasteiger partial charge < -0.3 is 10.4 Å². The molecule has 0 aromatic carbocycles. The van der Waals surface area contributed by atoms with Crippen LogP contribution in [0.4, 0.5) is 5.82 Å². The summed E-state index contributed by atoms with van der Waals surface area (Å²) >= 11 is 0. The molecule has 16 heavy (non-hydrogen) atoms. The number of aliphatic hydroxyl groups is 1. The van der Waals surface area contributed by atoms with Crippen LogP contribution in [0.3, 0.4) is 0 Å². The maximum atomic E-state index is 9.15. The number of fused-ring (bicyclic) bond motifs is 1. The minimum atomic E-state index is -0.217. The van der Waals surface area contributed by atoms with Gasteiger partial charge in [0.15, 0.2) is 0 Å². The van der Waals surface area contributed by atoms with E-state index in [2.05, 4.69) is 10.3 Å². The molecule has 1 unspecified atom stereocenters. The fourth-order valence-electron chi connectivity index (χ4n) is 1.71. The third-order valence-corrected chi connectivity index (χ3v) is 2.53. The van der Waals surface area contributed by atoms with Crippen LogP contribution < -0.4 is 5.32 Å². The fraction of sp³-hybridized carbons (Fsp3) is 0.417. The molecule has 0 saturated heterocycles. The Morgan fingerprint density at radius 1 is 1.50 bits per heavy atom. The summed E-state index contributed by atoms with van der Waals surface area (Å²) in [5, 5.41) is 12.5. The average molecular weight is 219 g/mol. The first-order valence-electron chi connectivity index (χ1n) is 5.61. The smallest absolute Gasteiger partial charge is 0.138 e. The Bertz CT molecular complexity index is 450. The van der Waals surface area contributed by atoms with Crippen molar-refractivity contribution in [3.63, 3.8) is 0 Å². The van der Waals surface area contributed by atoms with Gasteiger partial charge in [-0.05, 0) is 31.9 Å². The number of anilines is 1. The summed E-state index contributed by atoms with van der Waals surface area (Å²) in [5.74, 6) is 1.04. The maximum absolute atomic E-state index is 9.15. The zero-order chi connectivity index (χ0) is 11.4. The minimum absolute atomic E-state index is 0.217. The Kier molecular flexibility index (Phi) is 3.41. The normalized spacial score (nSPS) is 12.9. The van der Waals surface area contributed by atoms with Crippen LogP contribution in [0.1, 0.15) is 19.8 Å². The Morgan fingerprint density at radius 3 is 3.19 bits per heavy atom. The average Bonchev–Trinajstić information content (AvgIpc) is 2.72. The van der Waals surface area contributed by atoms with E-state index in [-0.39, 0.29) is 6.10 Å². The van der Waals surface area contributed by atoms with Crippen LogP contribution in [0.25, 0.3) is 5.65 Å². The van der Waals surface area contributed by atoms with Gasteiger partial charge in [-0.2, -0.15) is 0 Å². The molecule has 0 saturated carbocycles. The van der Waals surface area contributed by atoms with Crippen molar-refractivity contribution >= 4 is 11.5 Å². The zero-order valence-electron chi connectivity index (χ0n) is 9.43. The molecule has 2 aromatic rings. The molecule has 0 radical (unpaired) electrons. The third-order valence-electron chi connectivity index (χ3n) is 2.53. The first kappa shape index (κ1) is 11.0. The van der Waals surface area contributed by atoms with E-state index in [0.717, 1.165) is 30.9 Å². The molecule has 0 aliphatic heterocycles. The second kappa shape index (κ2) is 4.99. The second-order valence-corrected chi connectivity index (χ2v) is 3.98. The molecular formula is C12H17N3O. The van der Waals surface area contributed by atoms with Crippen molar-refractivity contribution in [2.75, 3.05) is 11.9 Å². The van der Waals surface area contributed by atoms with Gasteiger partial charge in [-0.15, -0.1) is 0 Å². The third kappa shape index (κ3) is 2.52. The van der Waals surface area contributed by atoms with Gasteiger partial charge in [-0.1, -0.05) is 6.07 Å². The molecule has 2 heterocycles. The van der Waals surface area contributed by atoms with Gasteiger partial charge in [0.1, 0.15) is 11.5 Å². The van der Waals surface area contributed by atoms with Crippen LogP contribution in [0, 0.1) is 0 Å². The highest BCUT2D eigenvalue weighted by Crippen LogP contribution is 2.11. The molecule has 4 nitrogen and oxygen atoms in total. The van der Waals surface area contributed by atoms with Crippen molar-refractivity contribution in [3.8, 4) is 0 Å². The van der Waals surface area contributed by atoms with Crippen LogP contribution in [-0.2, 0) is 0 Å². The molecule has 1 atom stereocenters. The molecule has 0 fully saturated rings. The van der Waals surface area contributed by atoms with Crippen molar-refractivity contribution in [2.24, 2.45) is 0 Å². The van der Waals surface area contributed by atoms with E-state index >= 15 is 0 Å². The highest BCUT2D eigenvalue weighted by atomic mass is 16.3. The Labute approximate surface area is 94.9 Å². The van der Waals surface area contributed by atoms with Crippen LogP contribution in [-0.4, -0.2) is 27.1 Å². The monoisotopic (exact) mass is 219 g/mol. The predicted octanol–water partition coefficient (Wildman–Crippen LogP) is 1.91. The Balaban J connectivity index is 1.96. The lowest BCUT2D eigenvalue weighted by Gasteiger charge is -2.09. The molecule has 0 aliphatic rings. The molecule has 2 aromatic heterocycles. The lowest BCUT2D eigenvalue weighted by molar-refractivity contribution is 0.183. The Morgan fingerprint density at radius 2 is 2.38 bits per heavy atom. The summed E-state index contributed by atoms with van der Waals surface area (Å²) < 4.78 is 2.02. The zero-order valence-corrected chi connectivity index (χ0v) is 9.43. The van der Waals surface area contributed by atoms with Crippen LogP contribution in [0.15, 0.2) is 30.6 Å². The fourth-order valence-corrected chi connectivity index (χ4v) is 1.71. The largest absolute Gasteiger partial charge is 0.393 e. The highest BCUT2D eigenvalue weighted by Gasteiger charge is 2.00. The second-order valence-electron chi connectivity index (χ2n) is 3.98. The van der Waals surface area contributed by atoms with Crippen molar-refractivity contribution in [2.45, 2.75) is 25.9 Å². The van der Waals surface area contributed by atoms with E-state index in [4.69, 9.17) is 5.11 Å². The lowest BCUT2D eigenvalue weighted by Crippen LogP contribution is -2.08. The number of hydrogen-bond donors (Lipinski definition) is 2. The van der Waals surface area contributed by atoms with Gasteiger partial charge in [-0.25, -0.2) is 4.98 Å². The van der Waals surface area contributed by atoms with Gasteiger partial charge in [-0.3, -0.25) is 4.40 Å². The lowest BCUT2D eigenvalue weighted by atomic mass is 10.2. The predicted molar refractivity (Wildman–Crippen MR) is 64.6 cm³/mol. The highest BCUT2D eigenvalue weighted by molar-refractivity contribution is 5.49. The number of hydrogen-bond acceptors (Lipinski definition) is 3. The van der Waals surface area contributed by atoms with E-state index in [1.807, 2.05) is 35.7 Å². The standard InChI is InChI=1S/C12H17N3O/c1-10(16)4-3-7-13-11-5-2-6-12-14-8-9-15(11)12/h2,5-6,8-10,13,16H,3-4,7H2,1H3. The number of nitrogens with one attached hydrogen (secondary N) is 1. The van der Waals surface area contributed by atoms with Gasteiger partial charge in [0.05, 0.1) is 6.10 Å². The maximum Gasteiger partial charge on any atom is 0.138 e. The van der Waals surface area contributed by atoms with Crippen LogP contribution >= 0.6 is 0 Å². The molecule has 0 aliphatic carbocycles. The van der Waals surface area contributed by atoms with Gasteiger partial charge in [0.25, 0.3) is 0 Å². The summed E-state index contributed by atoms with van der Waals surface area (Å²) in [7, 11) is 0. The Hall–Kier alpha value is -1.55. The van der Waals surface area contributed by atoms with Crippen LogP contribution in [0.5, 0.6) is 0 Å². The molecule has 86 valence electrons. The molecule has 0 spiro atoms. The first-order valence-corrected chi connectivity index (χ1v) is 5.61. The van der Waals surface area contributed by atoms with Crippen molar-refractivity contribution in [1.29, 1.82) is 0 Å².